The van der Waals surface area contributed by atoms with Crippen molar-refractivity contribution < 1.29 is 0 Å². The van der Waals surface area contributed by atoms with Crippen LogP contribution >= 0.6 is 11.6 Å². The molecule has 3 aromatic rings. The number of hydrogen-bond acceptors (Lipinski definition) is 3. The van der Waals surface area contributed by atoms with Crippen LogP contribution in [0.4, 0.5) is 5.95 Å². The minimum atomic E-state index is 0.409. The summed E-state index contributed by atoms with van der Waals surface area (Å²) in [6, 6.07) is 10.0. The highest BCUT2D eigenvalue weighted by Crippen LogP contribution is 2.24. The van der Waals surface area contributed by atoms with E-state index in [-0.39, 0.29) is 0 Å². The van der Waals surface area contributed by atoms with E-state index in [2.05, 4.69) is 35.9 Å². The van der Waals surface area contributed by atoms with Crippen LogP contribution in [0.3, 0.4) is 0 Å². The van der Waals surface area contributed by atoms with E-state index in [0.29, 0.717) is 28.1 Å². The standard InChI is InChI=1S/C15H15ClN4/c1-9(2)10-3-5-12(6-4-10)20-14-13(19-15(20)17)7-11(16)8-18-14/h3-9H,1-2H3,(H2,17,19). The number of nitrogen functional groups attached to an aromatic ring is 1. The molecule has 5 heteroatoms. The van der Waals surface area contributed by atoms with Crippen LogP contribution in [0.1, 0.15) is 25.3 Å². The van der Waals surface area contributed by atoms with E-state index in [4.69, 9.17) is 17.3 Å². The van der Waals surface area contributed by atoms with Gasteiger partial charge in [-0.1, -0.05) is 37.6 Å². The molecule has 0 atom stereocenters. The van der Waals surface area contributed by atoms with Crippen molar-refractivity contribution in [3.05, 3.63) is 47.1 Å². The molecule has 0 unspecified atom stereocenters. The lowest BCUT2D eigenvalue weighted by molar-refractivity contribution is 0.865. The van der Waals surface area contributed by atoms with E-state index >= 15 is 0 Å². The van der Waals surface area contributed by atoms with Crippen LogP contribution in [0.5, 0.6) is 0 Å². The van der Waals surface area contributed by atoms with Crippen LogP contribution in [0.15, 0.2) is 36.5 Å². The fraction of sp³-hybridized carbons (Fsp3) is 0.200. The predicted molar refractivity (Wildman–Crippen MR) is 82.4 cm³/mol. The summed E-state index contributed by atoms with van der Waals surface area (Å²) in [7, 11) is 0. The maximum atomic E-state index is 6.00. The molecular weight excluding hydrogens is 272 g/mol. The molecule has 102 valence electrons. The Morgan fingerprint density at radius 3 is 2.55 bits per heavy atom. The zero-order valence-corrected chi connectivity index (χ0v) is 12.1. The molecule has 2 N–H and O–H groups in total. The Bertz CT molecular complexity index is 759. The monoisotopic (exact) mass is 286 g/mol. The van der Waals surface area contributed by atoms with Crippen molar-refractivity contribution in [3.63, 3.8) is 0 Å². The zero-order chi connectivity index (χ0) is 14.3. The third-order valence-electron chi connectivity index (χ3n) is 3.31. The Morgan fingerprint density at radius 2 is 1.90 bits per heavy atom. The van der Waals surface area contributed by atoms with Gasteiger partial charge in [0.2, 0.25) is 5.95 Å². The topological polar surface area (TPSA) is 56.7 Å². The maximum absolute atomic E-state index is 6.00. The van der Waals surface area contributed by atoms with Crippen LogP contribution in [0.2, 0.25) is 5.02 Å². The summed E-state index contributed by atoms with van der Waals surface area (Å²) in [4.78, 5) is 8.63. The fourth-order valence-corrected chi connectivity index (χ4v) is 2.37. The normalized spacial score (nSPS) is 11.4. The number of hydrogen-bond donors (Lipinski definition) is 1. The van der Waals surface area contributed by atoms with Crippen LogP contribution < -0.4 is 5.73 Å². The van der Waals surface area contributed by atoms with Gasteiger partial charge in [0.1, 0.15) is 5.52 Å². The van der Waals surface area contributed by atoms with Crippen molar-refractivity contribution in [1.29, 1.82) is 0 Å². The van der Waals surface area contributed by atoms with Gasteiger partial charge in [0.15, 0.2) is 5.65 Å². The summed E-state index contributed by atoms with van der Waals surface area (Å²) < 4.78 is 1.83. The van der Waals surface area contributed by atoms with Crippen LogP contribution in [0.25, 0.3) is 16.9 Å². The second-order valence-electron chi connectivity index (χ2n) is 5.05. The number of pyridine rings is 1. The van der Waals surface area contributed by atoms with Gasteiger partial charge in [-0.25, -0.2) is 9.97 Å². The quantitative estimate of drug-likeness (QED) is 0.780. The molecule has 4 nitrogen and oxygen atoms in total. The van der Waals surface area contributed by atoms with Gasteiger partial charge in [-0.3, -0.25) is 4.57 Å². The molecule has 0 saturated heterocycles. The van der Waals surface area contributed by atoms with Crippen molar-refractivity contribution in [1.82, 2.24) is 14.5 Å². The van der Waals surface area contributed by atoms with Gasteiger partial charge in [-0.15, -0.1) is 0 Å². The lowest BCUT2D eigenvalue weighted by Gasteiger charge is -2.09. The third kappa shape index (κ3) is 2.12. The number of anilines is 1. The van der Waals surface area contributed by atoms with Crippen LogP contribution in [0, 0.1) is 0 Å². The second-order valence-corrected chi connectivity index (χ2v) is 5.48. The Morgan fingerprint density at radius 1 is 1.20 bits per heavy atom. The smallest absolute Gasteiger partial charge is 0.207 e. The summed E-state index contributed by atoms with van der Waals surface area (Å²) in [5.41, 5.74) is 9.64. The van der Waals surface area contributed by atoms with Crippen molar-refractivity contribution in [2.45, 2.75) is 19.8 Å². The highest BCUT2D eigenvalue weighted by atomic mass is 35.5. The van der Waals surface area contributed by atoms with Gasteiger partial charge < -0.3 is 5.73 Å². The van der Waals surface area contributed by atoms with Gasteiger partial charge in [0.05, 0.1) is 10.7 Å². The summed E-state index contributed by atoms with van der Waals surface area (Å²) in [6.07, 6.45) is 1.60. The lowest BCUT2D eigenvalue weighted by Crippen LogP contribution is -2.01. The molecule has 20 heavy (non-hydrogen) atoms. The number of fused-ring (bicyclic) bond motifs is 1. The largest absolute Gasteiger partial charge is 0.369 e. The molecule has 0 aliphatic carbocycles. The number of benzene rings is 1. The maximum Gasteiger partial charge on any atom is 0.207 e. The van der Waals surface area contributed by atoms with E-state index in [0.717, 1.165) is 5.69 Å². The molecule has 2 aromatic heterocycles. The summed E-state index contributed by atoms with van der Waals surface area (Å²) in [6.45, 7) is 4.33. The first-order valence-electron chi connectivity index (χ1n) is 6.46. The van der Waals surface area contributed by atoms with Crippen molar-refractivity contribution in [2.75, 3.05) is 5.73 Å². The number of nitrogens with zero attached hydrogens (tertiary/aromatic N) is 3. The molecular formula is C15H15ClN4. The number of nitrogens with two attached hydrogens (primary N) is 1. The second kappa shape index (κ2) is 4.80. The SMILES string of the molecule is CC(C)c1ccc(-n2c(N)nc3cc(Cl)cnc32)cc1. The molecule has 0 saturated carbocycles. The third-order valence-corrected chi connectivity index (χ3v) is 3.51. The Labute approximate surface area is 122 Å². The van der Waals surface area contributed by atoms with Crippen molar-refractivity contribution in [3.8, 4) is 5.69 Å². The van der Waals surface area contributed by atoms with Gasteiger partial charge in [-0.2, -0.15) is 0 Å². The first-order chi connectivity index (χ1) is 9.56. The molecule has 0 aliphatic heterocycles. The van der Waals surface area contributed by atoms with Crippen molar-refractivity contribution >= 4 is 28.7 Å². The number of aromatic nitrogens is 3. The van der Waals surface area contributed by atoms with Gasteiger partial charge in [0.25, 0.3) is 0 Å². The first-order valence-corrected chi connectivity index (χ1v) is 6.84. The van der Waals surface area contributed by atoms with E-state index in [9.17, 15) is 0 Å². The molecule has 0 bridgehead atoms. The average molecular weight is 287 g/mol. The fourth-order valence-electron chi connectivity index (χ4n) is 2.22. The summed E-state index contributed by atoms with van der Waals surface area (Å²) in [5.74, 6) is 0.907. The molecule has 3 rings (SSSR count). The minimum absolute atomic E-state index is 0.409. The van der Waals surface area contributed by atoms with Crippen LogP contribution in [-0.4, -0.2) is 14.5 Å². The molecule has 0 amide bonds. The van der Waals surface area contributed by atoms with E-state index in [1.165, 1.54) is 5.56 Å². The van der Waals surface area contributed by atoms with Crippen LogP contribution in [-0.2, 0) is 0 Å². The molecule has 0 radical (unpaired) electrons. The van der Waals surface area contributed by atoms with E-state index in [1.807, 2.05) is 16.7 Å². The Hall–Kier alpha value is -2.07. The van der Waals surface area contributed by atoms with Crippen molar-refractivity contribution in [2.24, 2.45) is 0 Å². The number of rotatable bonds is 2. The summed E-state index contributed by atoms with van der Waals surface area (Å²) >= 11 is 5.93. The van der Waals surface area contributed by atoms with Gasteiger partial charge in [0, 0.05) is 6.20 Å². The Kier molecular flexibility index (Phi) is 3.10. The molecule has 0 aliphatic rings. The lowest BCUT2D eigenvalue weighted by atomic mass is 10.0. The molecule has 2 heterocycles. The Balaban J connectivity index is 2.16. The highest BCUT2D eigenvalue weighted by Gasteiger charge is 2.11. The van der Waals surface area contributed by atoms with E-state index < -0.39 is 0 Å². The van der Waals surface area contributed by atoms with Gasteiger partial charge >= 0.3 is 0 Å². The minimum Gasteiger partial charge on any atom is -0.369 e. The first kappa shape index (κ1) is 12.9. The van der Waals surface area contributed by atoms with E-state index in [1.54, 1.807) is 12.3 Å². The average Bonchev–Trinajstić information content (AvgIpc) is 2.73. The molecule has 1 aromatic carbocycles. The number of halogens is 1. The molecule has 0 spiro atoms. The zero-order valence-electron chi connectivity index (χ0n) is 11.3. The summed E-state index contributed by atoms with van der Waals surface area (Å²) in [5, 5.41) is 0.553. The van der Waals surface area contributed by atoms with Gasteiger partial charge in [-0.05, 0) is 29.7 Å². The molecule has 0 fully saturated rings. The predicted octanol–water partition coefficient (Wildman–Crippen LogP) is 3.78. The highest BCUT2D eigenvalue weighted by molar-refractivity contribution is 6.31. The number of imidazole rings is 1.